The van der Waals surface area contributed by atoms with E-state index in [2.05, 4.69) is 4.98 Å². The molecular weight excluding hydrogens is 203 g/mol. The Morgan fingerprint density at radius 3 is 2.55 bits per heavy atom. The Balaban J connectivity index is 0. The Kier molecular flexibility index (Phi) is 8.56. The summed E-state index contributed by atoms with van der Waals surface area (Å²) in [5.41, 5.74) is 8.36. The molecule has 66 valence electrons. The van der Waals surface area contributed by atoms with Crippen molar-refractivity contribution in [3.63, 3.8) is 0 Å². The minimum absolute atomic E-state index is 0. The molecule has 0 saturated heterocycles. The van der Waals surface area contributed by atoms with Gasteiger partial charge in [0.1, 0.15) is 0 Å². The Bertz CT molecular complexity index is 190. The minimum atomic E-state index is 0. The maximum absolute atomic E-state index is 5.37. The summed E-state index contributed by atoms with van der Waals surface area (Å²) in [6, 6.07) is 0. The molecule has 1 heterocycles. The molecule has 0 amide bonds. The Hall–Kier alpha value is 0.170. The highest BCUT2D eigenvalue weighted by Crippen LogP contribution is 2.11. The number of hydrogen-bond donors (Lipinski definition) is 1. The lowest BCUT2D eigenvalue weighted by Crippen LogP contribution is -2.01. The van der Waals surface area contributed by atoms with Gasteiger partial charge in [-0.3, -0.25) is 0 Å². The summed E-state index contributed by atoms with van der Waals surface area (Å²) in [6.45, 7) is 2.74. The van der Waals surface area contributed by atoms with Gasteiger partial charge in [0.15, 0.2) is 0 Å². The molecule has 2 nitrogen and oxygen atoms in total. The Labute approximate surface area is 83.0 Å². The molecule has 0 spiro atoms. The highest BCUT2D eigenvalue weighted by atomic mass is 35.5. The average molecular weight is 215 g/mol. The fourth-order valence-corrected chi connectivity index (χ4v) is 1.49. The third-order valence-corrected chi connectivity index (χ3v) is 2.21. The van der Waals surface area contributed by atoms with E-state index in [1.165, 1.54) is 4.88 Å². The van der Waals surface area contributed by atoms with Crippen LogP contribution < -0.4 is 5.73 Å². The lowest BCUT2D eigenvalue weighted by atomic mass is 10.3. The molecule has 0 fully saturated rings. The van der Waals surface area contributed by atoms with Crippen molar-refractivity contribution in [2.45, 2.75) is 13.3 Å². The van der Waals surface area contributed by atoms with Gasteiger partial charge in [0.25, 0.3) is 0 Å². The molecule has 0 saturated carbocycles. The van der Waals surface area contributed by atoms with Crippen LogP contribution in [0.2, 0.25) is 0 Å². The smallest absolute Gasteiger partial charge is 0.0797 e. The van der Waals surface area contributed by atoms with Crippen LogP contribution in [0.25, 0.3) is 0 Å². The molecule has 1 aromatic heterocycles. The predicted octanol–water partition coefficient (Wildman–Crippen LogP) is 1.80. The topological polar surface area (TPSA) is 38.9 Å². The molecule has 0 aliphatic rings. The van der Waals surface area contributed by atoms with Gasteiger partial charge in [0, 0.05) is 4.88 Å². The fraction of sp³-hybridized carbons (Fsp3) is 0.500. The molecule has 5 heteroatoms. The maximum atomic E-state index is 5.37. The van der Waals surface area contributed by atoms with Crippen LogP contribution in [-0.4, -0.2) is 11.5 Å². The summed E-state index contributed by atoms with van der Waals surface area (Å²) < 4.78 is 0. The van der Waals surface area contributed by atoms with Crippen molar-refractivity contribution in [3.8, 4) is 0 Å². The number of hydrogen-bond acceptors (Lipinski definition) is 3. The molecule has 1 rings (SSSR count). The molecular formula is C6H12Cl2N2S. The van der Waals surface area contributed by atoms with Crippen molar-refractivity contribution in [1.82, 2.24) is 4.98 Å². The lowest BCUT2D eigenvalue weighted by molar-refractivity contribution is 0.970. The second kappa shape index (κ2) is 6.85. The predicted molar refractivity (Wildman–Crippen MR) is 54.1 cm³/mol. The van der Waals surface area contributed by atoms with Crippen molar-refractivity contribution >= 4 is 36.2 Å². The first-order chi connectivity index (χ1) is 4.34. The van der Waals surface area contributed by atoms with Crippen molar-refractivity contribution in [1.29, 1.82) is 0 Å². The first-order valence-corrected chi connectivity index (χ1v) is 3.81. The normalized spacial score (nSPS) is 8.18. The maximum Gasteiger partial charge on any atom is 0.0797 e. The van der Waals surface area contributed by atoms with E-state index in [1.54, 1.807) is 11.3 Å². The van der Waals surface area contributed by atoms with E-state index < -0.39 is 0 Å². The minimum Gasteiger partial charge on any atom is -0.330 e. The van der Waals surface area contributed by atoms with E-state index in [1.807, 2.05) is 12.4 Å². The number of nitrogens with zero attached hydrogens (tertiary/aromatic N) is 1. The summed E-state index contributed by atoms with van der Waals surface area (Å²) >= 11 is 1.68. The number of nitrogens with two attached hydrogens (primary N) is 1. The Morgan fingerprint density at radius 1 is 1.55 bits per heavy atom. The lowest BCUT2D eigenvalue weighted by Gasteiger charge is -1.90. The number of thiazole rings is 1. The van der Waals surface area contributed by atoms with E-state index in [0.717, 1.165) is 18.7 Å². The quantitative estimate of drug-likeness (QED) is 0.816. The number of halogens is 2. The highest BCUT2D eigenvalue weighted by molar-refractivity contribution is 7.09. The number of aromatic nitrogens is 1. The van der Waals surface area contributed by atoms with Crippen LogP contribution in [0.4, 0.5) is 0 Å². The molecule has 2 N–H and O–H groups in total. The Morgan fingerprint density at radius 2 is 2.18 bits per heavy atom. The monoisotopic (exact) mass is 214 g/mol. The van der Waals surface area contributed by atoms with Gasteiger partial charge in [-0.1, -0.05) is 0 Å². The van der Waals surface area contributed by atoms with E-state index in [-0.39, 0.29) is 24.8 Å². The molecule has 0 aromatic carbocycles. The average Bonchev–Trinajstić information content (AvgIpc) is 2.18. The zero-order chi connectivity index (χ0) is 6.69. The number of aryl methyl sites for hydroxylation is 1. The zero-order valence-corrected chi connectivity index (χ0v) is 8.69. The first-order valence-electron chi connectivity index (χ1n) is 2.93. The van der Waals surface area contributed by atoms with Gasteiger partial charge in [-0.2, -0.15) is 0 Å². The molecule has 0 unspecified atom stereocenters. The van der Waals surface area contributed by atoms with Crippen molar-refractivity contribution < 1.29 is 0 Å². The molecule has 11 heavy (non-hydrogen) atoms. The van der Waals surface area contributed by atoms with Crippen molar-refractivity contribution in [2.24, 2.45) is 5.73 Å². The summed E-state index contributed by atoms with van der Waals surface area (Å²) in [5, 5.41) is 0. The van der Waals surface area contributed by atoms with Crippen molar-refractivity contribution in [2.75, 3.05) is 6.54 Å². The molecule has 0 bridgehead atoms. The summed E-state index contributed by atoms with van der Waals surface area (Å²) in [6.07, 6.45) is 0.969. The zero-order valence-electron chi connectivity index (χ0n) is 6.24. The fourth-order valence-electron chi connectivity index (χ4n) is 0.697. The van der Waals surface area contributed by atoms with Crippen LogP contribution in [0.5, 0.6) is 0 Å². The molecule has 0 aliphatic heterocycles. The second-order valence-corrected chi connectivity index (χ2v) is 2.84. The van der Waals surface area contributed by atoms with Crippen LogP contribution in [0.1, 0.15) is 10.6 Å². The van der Waals surface area contributed by atoms with E-state index >= 15 is 0 Å². The molecule has 0 aliphatic carbocycles. The van der Waals surface area contributed by atoms with Gasteiger partial charge in [-0.25, -0.2) is 4.98 Å². The molecule has 0 atom stereocenters. The molecule has 1 aromatic rings. The molecule has 0 radical (unpaired) electrons. The SMILES string of the molecule is Cc1ncsc1CCN.Cl.Cl. The van der Waals surface area contributed by atoms with Crippen LogP contribution in [-0.2, 0) is 6.42 Å². The first kappa shape index (κ1) is 13.7. The van der Waals surface area contributed by atoms with Gasteiger partial charge < -0.3 is 5.73 Å². The van der Waals surface area contributed by atoms with Crippen LogP contribution in [0, 0.1) is 6.92 Å². The highest BCUT2D eigenvalue weighted by Gasteiger charge is 1.97. The third-order valence-electron chi connectivity index (χ3n) is 1.22. The van der Waals surface area contributed by atoms with E-state index in [0.29, 0.717) is 0 Å². The van der Waals surface area contributed by atoms with Crippen LogP contribution in [0.15, 0.2) is 5.51 Å². The van der Waals surface area contributed by atoms with E-state index in [9.17, 15) is 0 Å². The van der Waals surface area contributed by atoms with Crippen LogP contribution >= 0.6 is 36.2 Å². The summed E-state index contributed by atoms with van der Waals surface area (Å²) in [7, 11) is 0. The van der Waals surface area contributed by atoms with Gasteiger partial charge in [-0.15, -0.1) is 36.2 Å². The standard InChI is InChI=1S/C6H10N2S.2ClH/c1-5-6(2-3-7)9-4-8-5;;/h4H,2-3,7H2,1H3;2*1H. The second-order valence-electron chi connectivity index (χ2n) is 1.90. The van der Waals surface area contributed by atoms with E-state index in [4.69, 9.17) is 5.73 Å². The van der Waals surface area contributed by atoms with Crippen LogP contribution in [0.3, 0.4) is 0 Å². The largest absolute Gasteiger partial charge is 0.330 e. The van der Waals surface area contributed by atoms with Gasteiger partial charge >= 0.3 is 0 Å². The summed E-state index contributed by atoms with van der Waals surface area (Å²) in [4.78, 5) is 5.42. The van der Waals surface area contributed by atoms with Gasteiger partial charge in [-0.05, 0) is 19.9 Å². The number of rotatable bonds is 2. The van der Waals surface area contributed by atoms with Crippen molar-refractivity contribution in [3.05, 3.63) is 16.1 Å². The van der Waals surface area contributed by atoms with Gasteiger partial charge in [0.05, 0.1) is 11.2 Å². The third kappa shape index (κ3) is 3.91. The summed E-state index contributed by atoms with van der Waals surface area (Å²) in [5.74, 6) is 0. The van der Waals surface area contributed by atoms with Gasteiger partial charge in [0.2, 0.25) is 0 Å².